The Balaban J connectivity index is 0.00000200. The van der Waals surface area contributed by atoms with Crippen molar-refractivity contribution in [1.29, 1.82) is 0 Å². The van der Waals surface area contributed by atoms with E-state index in [1.54, 1.807) is 16.7 Å². The number of nitrogens with zero attached hydrogens (tertiary/aromatic N) is 2. The Morgan fingerprint density at radius 2 is 2.00 bits per heavy atom. The molecular weight excluding hydrogens is 351 g/mol. The van der Waals surface area contributed by atoms with Gasteiger partial charge in [-0.3, -0.25) is 4.79 Å². The lowest BCUT2D eigenvalue weighted by atomic mass is 10.4. The molecule has 0 atom stereocenters. The van der Waals surface area contributed by atoms with E-state index >= 15 is 0 Å². The first-order valence-corrected chi connectivity index (χ1v) is 7.65. The van der Waals surface area contributed by atoms with Crippen LogP contribution in [0.5, 0.6) is 0 Å². The monoisotopic (exact) mass is 368 g/mol. The van der Waals surface area contributed by atoms with Crippen LogP contribution in [-0.4, -0.2) is 22.4 Å². The molecule has 0 fully saturated rings. The zero-order valence-corrected chi connectivity index (χ0v) is 15.0. The van der Waals surface area contributed by atoms with Gasteiger partial charge in [0.1, 0.15) is 10.7 Å². The van der Waals surface area contributed by atoms with E-state index in [1.807, 2.05) is 6.92 Å². The van der Waals surface area contributed by atoms with Crippen LogP contribution in [0.1, 0.15) is 31.1 Å². The molecule has 0 bridgehead atoms. The number of amides is 1. The summed E-state index contributed by atoms with van der Waals surface area (Å²) in [4.78, 5) is 21.6. The molecule has 0 aromatic carbocycles. The summed E-state index contributed by atoms with van der Waals surface area (Å²) >= 11 is 3.08. The molecule has 0 spiro atoms. The Hall–Kier alpha value is -0.730. The number of rotatable bonds is 5. The van der Waals surface area contributed by atoms with Crippen LogP contribution in [0.4, 0.5) is 0 Å². The van der Waals surface area contributed by atoms with E-state index < -0.39 is 0 Å². The van der Waals surface area contributed by atoms with Gasteiger partial charge in [0.25, 0.3) is 5.91 Å². The van der Waals surface area contributed by atoms with Gasteiger partial charge in [-0.25, -0.2) is 9.97 Å². The molecule has 0 aliphatic heterocycles. The van der Waals surface area contributed by atoms with E-state index in [0.29, 0.717) is 18.8 Å². The van der Waals surface area contributed by atoms with Crippen LogP contribution in [0.2, 0.25) is 0 Å². The number of carbonyl (C=O) groups is 1. The van der Waals surface area contributed by atoms with Gasteiger partial charge in [0.15, 0.2) is 0 Å². The van der Waals surface area contributed by atoms with Gasteiger partial charge in [-0.2, -0.15) is 0 Å². The van der Waals surface area contributed by atoms with Crippen molar-refractivity contribution in [2.75, 3.05) is 6.54 Å². The zero-order valence-electron chi connectivity index (χ0n) is 11.7. The van der Waals surface area contributed by atoms with Crippen LogP contribution in [0, 0.1) is 13.8 Å². The summed E-state index contributed by atoms with van der Waals surface area (Å²) in [5.41, 5.74) is 6.97. The molecule has 1 amide bonds. The molecule has 3 N–H and O–H groups in total. The second kappa shape index (κ2) is 9.32. The molecule has 2 rings (SSSR count). The molecule has 5 nitrogen and oxygen atoms in total. The van der Waals surface area contributed by atoms with Gasteiger partial charge < -0.3 is 11.1 Å². The molecule has 0 aliphatic carbocycles. The fraction of sp³-hybridized carbons (Fsp3) is 0.417. The minimum absolute atomic E-state index is 0. The molecule has 2 heterocycles. The van der Waals surface area contributed by atoms with Gasteiger partial charge >= 0.3 is 0 Å². The maximum atomic E-state index is 11.8. The van der Waals surface area contributed by atoms with Crippen LogP contribution in [0.15, 0.2) is 5.38 Å². The Bertz CT molecular complexity index is 566. The Labute approximate surface area is 144 Å². The third-order valence-corrected chi connectivity index (χ3v) is 4.66. The van der Waals surface area contributed by atoms with Gasteiger partial charge in [0.05, 0.1) is 10.7 Å². The molecule has 0 saturated heterocycles. The number of aryl methyl sites for hydroxylation is 2. The van der Waals surface area contributed by atoms with Crippen molar-refractivity contribution in [3.05, 3.63) is 31.7 Å². The average molecular weight is 369 g/mol. The van der Waals surface area contributed by atoms with Crippen LogP contribution in [0.3, 0.4) is 0 Å². The highest BCUT2D eigenvalue weighted by atomic mass is 35.5. The third kappa shape index (κ3) is 5.52. The molecule has 0 saturated carbocycles. The fourth-order valence-corrected chi connectivity index (χ4v) is 3.12. The molecular formula is C12H18Cl2N4OS2. The summed E-state index contributed by atoms with van der Waals surface area (Å²) in [6, 6.07) is 0. The zero-order chi connectivity index (χ0) is 13.8. The highest BCUT2D eigenvalue weighted by Crippen LogP contribution is 2.16. The first kappa shape index (κ1) is 20.3. The highest BCUT2D eigenvalue weighted by Gasteiger charge is 2.10. The summed E-state index contributed by atoms with van der Waals surface area (Å²) in [6.07, 6.45) is 0.749. The second-order valence-corrected chi connectivity index (χ2v) is 6.32. The summed E-state index contributed by atoms with van der Waals surface area (Å²) in [6.45, 7) is 4.99. The van der Waals surface area contributed by atoms with E-state index in [0.717, 1.165) is 22.1 Å². The molecule has 2 aromatic heterocycles. The molecule has 2 aromatic rings. The predicted molar refractivity (Wildman–Crippen MR) is 92.1 cm³/mol. The molecule has 118 valence electrons. The molecule has 21 heavy (non-hydrogen) atoms. The normalized spacial score (nSPS) is 9.67. The maximum Gasteiger partial charge on any atom is 0.270 e. The van der Waals surface area contributed by atoms with Crippen molar-refractivity contribution in [3.63, 3.8) is 0 Å². The van der Waals surface area contributed by atoms with Crippen LogP contribution in [-0.2, 0) is 13.0 Å². The van der Waals surface area contributed by atoms with Gasteiger partial charge in [-0.15, -0.1) is 47.5 Å². The van der Waals surface area contributed by atoms with Gasteiger partial charge in [-0.05, 0) is 13.8 Å². The van der Waals surface area contributed by atoms with Gasteiger partial charge in [0, 0.05) is 29.8 Å². The number of carbonyl (C=O) groups excluding carboxylic acids is 1. The fourth-order valence-electron chi connectivity index (χ4n) is 1.53. The topological polar surface area (TPSA) is 80.9 Å². The second-order valence-electron chi connectivity index (χ2n) is 4.09. The molecule has 0 unspecified atom stereocenters. The molecule has 9 heteroatoms. The van der Waals surface area contributed by atoms with Crippen molar-refractivity contribution in [3.8, 4) is 0 Å². The minimum Gasteiger partial charge on any atom is -0.350 e. The van der Waals surface area contributed by atoms with Crippen LogP contribution < -0.4 is 11.1 Å². The van der Waals surface area contributed by atoms with Crippen molar-refractivity contribution in [2.24, 2.45) is 5.73 Å². The molecule has 0 radical (unpaired) electrons. The van der Waals surface area contributed by atoms with Crippen LogP contribution >= 0.6 is 47.5 Å². The van der Waals surface area contributed by atoms with Gasteiger partial charge in [-0.1, -0.05) is 0 Å². The van der Waals surface area contributed by atoms with E-state index in [2.05, 4.69) is 22.2 Å². The van der Waals surface area contributed by atoms with Crippen molar-refractivity contribution in [2.45, 2.75) is 26.8 Å². The van der Waals surface area contributed by atoms with Gasteiger partial charge in [0.2, 0.25) is 0 Å². The number of hydrogen-bond acceptors (Lipinski definition) is 6. The van der Waals surface area contributed by atoms with E-state index in [1.165, 1.54) is 16.2 Å². The lowest BCUT2D eigenvalue weighted by molar-refractivity contribution is 0.0949. The standard InChI is InChI=1S/C12H16N4OS2.2ClH/c1-7-8(2)19-10(15-7)3-4-14-12(17)9-6-18-11(5-13)16-9;;/h6H,3-5,13H2,1-2H3,(H,14,17);2*1H. The third-order valence-electron chi connectivity index (χ3n) is 2.66. The first-order chi connectivity index (χ1) is 9.10. The SMILES string of the molecule is Cc1nc(CCNC(=O)c2csc(CN)n2)sc1C.Cl.Cl. The van der Waals surface area contributed by atoms with E-state index in [-0.39, 0.29) is 30.7 Å². The number of halogens is 2. The Morgan fingerprint density at radius 1 is 1.29 bits per heavy atom. The summed E-state index contributed by atoms with van der Waals surface area (Å²) < 4.78 is 0. The number of nitrogens with two attached hydrogens (primary N) is 1. The Morgan fingerprint density at radius 3 is 2.52 bits per heavy atom. The van der Waals surface area contributed by atoms with Crippen molar-refractivity contribution >= 4 is 53.4 Å². The first-order valence-electron chi connectivity index (χ1n) is 5.95. The summed E-state index contributed by atoms with van der Waals surface area (Å²) in [7, 11) is 0. The number of thiazole rings is 2. The number of nitrogens with one attached hydrogen (secondary N) is 1. The largest absolute Gasteiger partial charge is 0.350 e. The lowest BCUT2D eigenvalue weighted by Crippen LogP contribution is -2.26. The lowest BCUT2D eigenvalue weighted by Gasteiger charge is -2.00. The van der Waals surface area contributed by atoms with E-state index in [9.17, 15) is 4.79 Å². The predicted octanol–water partition coefficient (Wildman–Crippen LogP) is 2.49. The Kier molecular flexibility index (Phi) is 9.00. The van der Waals surface area contributed by atoms with Crippen LogP contribution in [0.25, 0.3) is 0 Å². The smallest absolute Gasteiger partial charge is 0.270 e. The summed E-state index contributed by atoms with van der Waals surface area (Å²) in [5.74, 6) is -0.152. The number of aromatic nitrogens is 2. The highest BCUT2D eigenvalue weighted by molar-refractivity contribution is 7.11. The van der Waals surface area contributed by atoms with Crippen molar-refractivity contribution in [1.82, 2.24) is 15.3 Å². The minimum atomic E-state index is -0.152. The molecule has 0 aliphatic rings. The quantitative estimate of drug-likeness (QED) is 0.849. The van der Waals surface area contributed by atoms with Crippen molar-refractivity contribution < 1.29 is 4.79 Å². The summed E-state index contributed by atoms with van der Waals surface area (Å²) in [5, 5.41) is 6.40. The average Bonchev–Trinajstić information content (AvgIpc) is 2.97. The van der Waals surface area contributed by atoms with E-state index in [4.69, 9.17) is 5.73 Å². The maximum absolute atomic E-state index is 11.8. The number of hydrogen-bond donors (Lipinski definition) is 2.